The van der Waals surface area contributed by atoms with Gasteiger partial charge in [0, 0.05) is 31.9 Å². The molecule has 0 radical (unpaired) electrons. The van der Waals surface area contributed by atoms with Crippen LogP contribution in [-0.2, 0) is 9.84 Å². The average Bonchev–Trinajstić information content (AvgIpc) is 3.02. The van der Waals surface area contributed by atoms with Gasteiger partial charge in [0.2, 0.25) is 0 Å². The van der Waals surface area contributed by atoms with Crippen LogP contribution in [0.1, 0.15) is 13.3 Å². The summed E-state index contributed by atoms with van der Waals surface area (Å²) in [7, 11) is -3.07. The van der Waals surface area contributed by atoms with Crippen LogP contribution >= 0.6 is 0 Å². The van der Waals surface area contributed by atoms with Crippen LogP contribution in [0, 0.1) is 0 Å². The lowest BCUT2D eigenvalue weighted by molar-refractivity contribution is -0.0495. The fourth-order valence-electron chi connectivity index (χ4n) is 2.85. The van der Waals surface area contributed by atoms with Crippen LogP contribution in [0.25, 0.3) is 0 Å². The van der Waals surface area contributed by atoms with E-state index >= 15 is 0 Å². The smallest absolute Gasteiger partial charge is 0.387 e. The van der Waals surface area contributed by atoms with Crippen molar-refractivity contribution in [1.82, 2.24) is 10.6 Å². The third kappa shape index (κ3) is 7.20. The van der Waals surface area contributed by atoms with Gasteiger partial charge in [0.15, 0.2) is 5.96 Å². The largest absolute Gasteiger partial charge is 0.433 e. The minimum atomic E-state index is -3.07. The molecule has 1 aromatic carbocycles. The fraction of sp³-hybridized carbons (Fsp3) is 0.588. The minimum absolute atomic E-state index is 0.0152. The first-order chi connectivity index (χ1) is 12.8. The molecular formula is C17H26F2N4O3S. The molecule has 27 heavy (non-hydrogen) atoms. The van der Waals surface area contributed by atoms with Gasteiger partial charge in [-0.05, 0) is 25.5 Å². The number of hydrogen-bond donors (Lipinski definition) is 2. The van der Waals surface area contributed by atoms with Crippen molar-refractivity contribution in [3.05, 3.63) is 24.3 Å². The van der Waals surface area contributed by atoms with Crippen LogP contribution in [0.4, 0.5) is 14.5 Å². The van der Waals surface area contributed by atoms with Crippen LogP contribution in [0.5, 0.6) is 5.75 Å². The van der Waals surface area contributed by atoms with Crippen molar-refractivity contribution in [2.24, 2.45) is 4.99 Å². The number of halogens is 2. The summed E-state index contributed by atoms with van der Waals surface area (Å²) in [5, 5.41) is 6.37. The number of guanidine groups is 1. The fourth-order valence-corrected chi connectivity index (χ4v) is 3.27. The standard InChI is InChI=1S/C17H26F2N4O3S/c1-3-20-17(21-9-11-27(2,24)25)22-13-8-10-23(12-13)14-6-4-5-7-15(14)26-16(18)19/h4-7,13,16H,3,8-12H2,1-2H3,(H2,20,21,22). The summed E-state index contributed by atoms with van der Waals surface area (Å²) in [5.41, 5.74) is 0.626. The van der Waals surface area contributed by atoms with E-state index in [1.54, 1.807) is 18.2 Å². The molecular weight excluding hydrogens is 378 g/mol. The number of anilines is 1. The van der Waals surface area contributed by atoms with Gasteiger partial charge in [-0.1, -0.05) is 12.1 Å². The molecule has 1 heterocycles. The zero-order valence-electron chi connectivity index (χ0n) is 15.5. The number of aliphatic imine (C=N–C) groups is 1. The summed E-state index contributed by atoms with van der Waals surface area (Å²) in [6.45, 7) is 1.16. The molecule has 1 saturated heterocycles. The van der Waals surface area contributed by atoms with Crippen molar-refractivity contribution in [1.29, 1.82) is 0 Å². The first-order valence-corrected chi connectivity index (χ1v) is 10.9. The Morgan fingerprint density at radius 2 is 2.15 bits per heavy atom. The molecule has 1 aliphatic heterocycles. The van der Waals surface area contributed by atoms with Gasteiger partial charge in [-0.25, -0.2) is 8.42 Å². The van der Waals surface area contributed by atoms with Crippen LogP contribution in [-0.4, -0.2) is 65.2 Å². The Balaban J connectivity index is 1.99. The molecule has 0 aliphatic carbocycles. The maximum Gasteiger partial charge on any atom is 0.387 e. The van der Waals surface area contributed by atoms with E-state index < -0.39 is 16.4 Å². The molecule has 1 aromatic rings. The maximum absolute atomic E-state index is 12.6. The lowest BCUT2D eigenvalue weighted by Crippen LogP contribution is -2.44. The Kier molecular flexibility index (Phi) is 7.64. The highest BCUT2D eigenvalue weighted by Gasteiger charge is 2.26. The number of sulfone groups is 1. The highest BCUT2D eigenvalue weighted by atomic mass is 32.2. The number of ether oxygens (including phenoxy) is 1. The van der Waals surface area contributed by atoms with Crippen molar-refractivity contribution in [3.63, 3.8) is 0 Å². The molecule has 0 bridgehead atoms. The van der Waals surface area contributed by atoms with Gasteiger partial charge in [-0.2, -0.15) is 8.78 Å². The van der Waals surface area contributed by atoms with E-state index in [2.05, 4.69) is 20.4 Å². The number of rotatable bonds is 8. The van der Waals surface area contributed by atoms with Gasteiger partial charge in [-0.3, -0.25) is 4.99 Å². The topological polar surface area (TPSA) is 83.0 Å². The van der Waals surface area contributed by atoms with E-state index in [1.807, 2.05) is 11.8 Å². The lowest BCUT2D eigenvalue weighted by atomic mass is 10.2. The minimum Gasteiger partial charge on any atom is -0.433 e. The van der Waals surface area contributed by atoms with Gasteiger partial charge < -0.3 is 20.3 Å². The van der Waals surface area contributed by atoms with E-state index in [4.69, 9.17) is 0 Å². The van der Waals surface area contributed by atoms with Gasteiger partial charge in [-0.15, -0.1) is 0 Å². The number of para-hydroxylation sites is 2. The number of benzene rings is 1. The molecule has 152 valence electrons. The average molecular weight is 404 g/mol. The van der Waals surface area contributed by atoms with Crippen molar-refractivity contribution in [2.45, 2.75) is 26.0 Å². The molecule has 0 amide bonds. The SMILES string of the molecule is CCNC(=NCCS(C)(=O)=O)NC1CCN(c2ccccc2OC(F)F)C1. The third-order valence-corrected chi connectivity index (χ3v) is 4.95. The highest BCUT2D eigenvalue weighted by Crippen LogP contribution is 2.31. The summed E-state index contributed by atoms with van der Waals surface area (Å²) in [4.78, 5) is 6.27. The molecule has 1 unspecified atom stereocenters. The van der Waals surface area contributed by atoms with E-state index in [1.165, 1.54) is 12.3 Å². The second-order valence-electron chi connectivity index (χ2n) is 6.31. The number of nitrogens with one attached hydrogen (secondary N) is 2. The summed E-state index contributed by atoms with van der Waals surface area (Å²) >= 11 is 0. The van der Waals surface area contributed by atoms with Gasteiger partial charge in [0.25, 0.3) is 0 Å². The molecule has 1 fully saturated rings. The van der Waals surface area contributed by atoms with Gasteiger partial charge in [0.1, 0.15) is 15.6 Å². The second kappa shape index (κ2) is 9.72. The summed E-state index contributed by atoms with van der Waals surface area (Å²) in [5.74, 6) is 0.686. The Bertz CT molecular complexity index is 743. The monoisotopic (exact) mass is 404 g/mol. The molecule has 0 aromatic heterocycles. The molecule has 10 heteroatoms. The summed E-state index contributed by atoms with van der Waals surface area (Å²) in [6, 6.07) is 6.78. The Hall–Kier alpha value is -2.10. The highest BCUT2D eigenvalue weighted by molar-refractivity contribution is 7.90. The molecule has 2 rings (SSSR count). The maximum atomic E-state index is 12.6. The van der Waals surface area contributed by atoms with E-state index in [0.29, 0.717) is 31.3 Å². The van der Waals surface area contributed by atoms with Crippen LogP contribution in [0.2, 0.25) is 0 Å². The first kappa shape index (κ1) is 21.2. The first-order valence-electron chi connectivity index (χ1n) is 8.80. The summed E-state index contributed by atoms with van der Waals surface area (Å²) < 4.78 is 52.3. The van der Waals surface area contributed by atoms with Crippen molar-refractivity contribution in [2.75, 3.05) is 43.1 Å². The van der Waals surface area contributed by atoms with Crippen molar-refractivity contribution >= 4 is 21.5 Å². The van der Waals surface area contributed by atoms with Crippen molar-refractivity contribution in [3.8, 4) is 5.75 Å². The quantitative estimate of drug-likeness (QED) is 0.504. The normalized spacial score (nSPS) is 18.0. The van der Waals surface area contributed by atoms with Gasteiger partial charge >= 0.3 is 6.61 Å². The Morgan fingerprint density at radius 1 is 1.41 bits per heavy atom. The molecule has 2 N–H and O–H groups in total. The Morgan fingerprint density at radius 3 is 2.81 bits per heavy atom. The predicted octanol–water partition coefficient (Wildman–Crippen LogP) is 1.47. The molecule has 7 nitrogen and oxygen atoms in total. The predicted molar refractivity (Wildman–Crippen MR) is 103 cm³/mol. The molecule has 1 atom stereocenters. The second-order valence-corrected chi connectivity index (χ2v) is 8.57. The summed E-state index contributed by atoms with van der Waals surface area (Å²) in [6.07, 6.45) is 1.97. The zero-order valence-corrected chi connectivity index (χ0v) is 16.3. The molecule has 1 aliphatic rings. The number of hydrogen-bond acceptors (Lipinski definition) is 5. The number of nitrogens with zero attached hydrogens (tertiary/aromatic N) is 2. The number of alkyl halides is 2. The molecule has 0 saturated carbocycles. The van der Waals surface area contributed by atoms with Crippen molar-refractivity contribution < 1.29 is 21.9 Å². The van der Waals surface area contributed by atoms with E-state index in [0.717, 1.165) is 6.42 Å². The van der Waals surface area contributed by atoms with Crippen LogP contribution < -0.4 is 20.3 Å². The molecule has 0 spiro atoms. The van der Waals surface area contributed by atoms with Crippen LogP contribution in [0.3, 0.4) is 0 Å². The Labute approximate surface area is 158 Å². The lowest BCUT2D eigenvalue weighted by Gasteiger charge is -2.22. The third-order valence-electron chi connectivity index (χ3n) is 4.03. The van der Waals surface area contributed by atoms with E-state index in [9.17, 15) is 17.2 Å². The zero-order chi connectivity index (χ0) is 19.9. The van der Waals surface area contributed by atoms with E-state index in [-0.39, 0.29) is 24.1 Å². The van der Waals surface area contributed by atoms with Gasteiger partial charge in [0.05, 0.1) is 18.0 Å². The van der Waals surface area contributed by atoms with Crippen LogP contribution in [0.15, 0.2) is 29.3 Å².